The SMILES string of the molecule is Cc1ccc([C@H](C[NH+]2CCOCC2)NC(=O)C2CCN(C(=O)OC(C)(C)C)CC2)cc1. The number of carbonyl (C=O) groups is 2. The van der Waals surface area contributed by atoms with E-state index in [-0.39, 0.29) is 24.0 Å². The Hall–Kier alpha value is -2.12. The Bertz CT molecular complexity index is 730. The zero-order chi connectivity index (χ0) is 22.4. The fourth-order valence-corrected chi connectivity index (χ4v) is 4.14. The minimum atomic E-state index is -0.506. The topological polar surface area (TPSA) is 72.3 Å². The molecule has 2 aliphatic rings. The molecule has 1 aromatic rings. The van der Waals surface area contributed by atoms with Crippen molar-refractivity contribution in [1.82, 2.24) is 10.2 Å². The second kappa shape index (κ2) is 10.5. The van der Waals surface area contributed by atoms with Crippen LogP contribution in [0.1, 0.15) is 50.8 Å². The van der Waals surface area contributed by atoms with Gasteiger partial charge in [0.25, 0.3) is 0 Å². The van der Waals surface area contributed by atoms with Crippen LogP contribution in [0.5, 0.6) is 0 Å². The number of quaternary nitrogens is 1. The average Bonchev–Trinajstić information content (AvgIpc) is 2.73. The summed E-state index contributed by atoms with van der Waals surface area (Å²) >= 11 is 0. The molecule has 0 saturated carbocycles. The Morgan fingerprint density at radius 1 is 1.16 bits per heavy atom. The van der Waals surface area contributed by atoms with E-state index < -0.39 is 5.60 Å². The highest BCUT2D eigenvalue weighted by atomic mass is 16.6. The van der Waals surface area contributed by atoms with E-state index in [1.807, 2.05) is 20.8 Å². The number of likely N-dealkylation sites (tertiary alicyclic amines) is 1. The smallest absolute Gasteiger partial charge is 0.410 e. The number of nitrogens with zero attached hydrogens (tertiary/aromatic N) is 1. The predicted octanol–water partition coefficient (Wildman–Crippen LogP) is 1.71. The molecule has 0 spiro atoms. The van der Waals surface area contributed by atoms with Crippen LogP contribution >= 0.6 is 0 Å². The molecule has 31 heavy (non-hydrogen) atoms. The number of carbonyl (C=O) groups excluding carboxylic acids is 2. The number of aryl methyl sites for hydroxylation is 1. The molecule has 7 nitrogen and oxygen atoms in total. The first kappa shape index (κ1) is 23.5. The van der Waals surface area contributed by atoms with Gasteiger partial charge < -0.3 is 24.6 Å². The molecule has 3 rings (SSSR count). The molecule has 2 heterocycles. The molecule has 0 bridgehead atoms. The third-order valence-electron chi connectivity index (χ3n) is 6.01. The number of amides is 2. The highest BCUT2D eigenvalue weighted by molar-refractivity contribution is 5.79. The van der Waals surface area contributed by atoms with E-state index in [4.69, 9.17) is 9.47 Å². The lowest BCUT2D eigenvalue weighted by Crippen LogP contribution is -3.14. The minimum absolute atomic E-state index is 0.0231. The number of ether oxygens (including phenoxy) is 2. The quantitative estimate of drug-likeness (QED) is 0.743. The maximum atomic E-state index is 13.1. The first-order valence-electron chi connectivity index (χ1n) is 11.5. The molecule has 0 unspecified atom stereocenters. The van der Waals surface area contributed by atoms with Crippen molar-refractivity contribution in [2.45, 2.75) is 52.2 Å². The second-order valence-electron chi connectivity index (χ2n) is 9.78. The maximum absolute atomic E-state index is 13.1. The van der Waals surface area contributed by atoms with Gasteiger partial charge in [-0.1, -0.05) is 29.8 Å². The van der Waals surface area contributed by atoms with Crippen molar-refractivity contribution < 1.29 is 24.0 Å². The lowest BCUT2D eigenvalue weighted by molar-refractivity contribution is -0.909. The number of rotatable bonds is 5. The molecular weight excluding hydrogens is 394 g/mol. The standard InChI is InChI=1S/C24H37N3O4/c1-18-5-7-19(8-6-18)21(17-26-13-15-30-16-14-26)25-22(28)20-9-11-27(12-10-20)23(29)31-24(2,3)4/h5-8,20-21H,9-17H2,1-4H3,(H,25,28)/p+1/t21-/m0/s1. The fraction of sp³-hybridized carbons (Fsp3) is 0.667. The van der Waals surface area contributed by atoms with E-state index in [1.165, 1.54) is 10.5 Å². The number of hydrogen-bond acceptors (Lipinski definition) is 4. The Labute approximate surface area is 186 Å². The first-order chi connectivity index (χ1) is 14.7. The number of benzene rings is 1. The van der Waals surface area contributed by atoms with Crippen LogP contribution in [-0.4, -0.2) is 68.4 Å². The average molecular weight is 433 g/mol. The highest BCUT2D eigenvalue weighted by Gasteiger charge is 2.32. The summed E-state index contributed by atoms with van der Waals surface area (Å²) in [6, 6.07) is 8.41. The van der Waals surface area contributed by atoms with Gasteiger partial charge in [0.2, 0.25) is 5.91 Å². The second-order valence-corrected chi connectivity index (χ2v) is 9.78. The molecule has 2 fully saturated rings. The van der Waals surface area contributed by atoms with Gasteiger partial charge in [-0.15, -0.1) is 0 Å². The number of hydrogen-bond donors (Lipinski definition) is 2. The number of nitrogens with one attached hydrogen (secondary N) is 2. The van der Waals surface area contributed by atoms with Crippen molar-refractivity contribution in [2.75, 3.05) is 45.9 Å². The van der Waals surface area contributed by atoms with Crippen LogP contribution in [-0.2, 0) is 14.3 Å². The molecular formula is C24H38N3O4+. The minimum Gasteiger partial charge on any atom is -0.444 e. The molecule has 0 aromatic heterocycles. The number of morpholine rings is 1. The van der Waals surface area contributed by atoms with Crippen LogP contribution in [0.2, 0.25) is 0 Å². The lowest BCUT2D eigenvalue weighted by atomic mass is 9.95. The maximum Gasteiger partial charge on any atom is 0.410 e. The van der Waals surface area contributed by atoms with Crippen molar-refractivity contribution in [1.29, 1.82) is 0 Å². The Balaban J connectivity index is 1.58. The Morgan fingerprint density at radius 3 is 2.35 bits per heavy atom. The van der Waals surface area contributed by atoms with Crippen LogP contribution in [0.3, 0.4) is 0 Å². The summed E-state index contributed by atoms with van der Waals surface area (Å²) < 4.78 is 11.0. The molecule has 0 aliphatic carbocycles. The molecule has 1 atom stereocenters. The fourth-order valence-electron chi connectivity index (χ4n) is 4.14. The molecule has 1 aromatic carbocycles. The van der Waals surface area contributed by atoms with Gasteiger partial charge in [0, 0.05) is 19.0 Å². The van der Waals surface area contributed by atoms with E-state index in [0.29, 0.717) is 25.9 Å². The summed E-state index contributed by atoms with van der Waals surface area (Å²) in [5, 5.41) is 3.32. The summed E-state index contributed by atoms with van der Waals surface area (Å²) in [4.78, 5) is 28.6. The molecule has 7 heteroatoms. The van der Waals surface area contributed by atoms with Gasteiger partial charge in [0.05, 0.1) is 13.2 Å². The van der Waals surface area contributed by atoms with Gasteiger partial charge in [-0.2, -0.15) is 0 Å². The zero-order valence-corrected chi connectivity index (χ0v) is 19.4. The van der Waals surface area contributed by atoms with Crippen LogP contribution < -0.4 is 10.2 Å². The van der Waals surface area contributed by atoms with Crippen molar-refractivity contribution in [3.05, 3.63) is 35.4 Å². The van der Waals surface area contributed by atoms with Gasteiger partial charge in [-0.05, 0) is 46.1 Å². The first-order valence-corrected chi connectivity index (χ1v) is 11.5. The summed E-state index contributed by atoms with van der Waals surface area (Å²) in [6.07, 6.45) is 1.03. The van der Waals surface area contributed by atoms with Gasteiger partial charge in [0.15, 0.2) is 0 Å². The number of piperidine rings is 1. The van der Waals surface area contributed by atoms with E-state index in [2.05, 4.69) is 36.5 Å². The van der Waals surface area contributed by atoms with Gasteiger partial charge in [0.1, 0.15) is 31.3 Å². The lowest BCUT2D eigenvalue weighted by Gasteiger charge is -2.34. The van der Waals surface area contributed by atoms with Crippen LogP contribution in [0.4, 0.5) is 4.79 Å². The van der Waals surface area contributed by atoms with Crippen molar-refractivity contribution in [3.8, 4) is 0 Å². The summed E-state index contributed by atoms with van der Waals surface area (Å²) in [5.74, 6) is 0.00778. The van der Waals surface area contributed by atoms with Crippen LogP contribution in [0.25, 0.3) is 0 Å². The van der Waals surface area contributed by atoms with Crippen LogP contribution in [0.15, 0.2) is 24.3 Å². The van der Waals surface area contributed by atoms with Gasteiger partial charge in [-0.25, -0.2) is 4.79 Å². The van der Waals surface area contributed by atoms with E-state index in [1.54, 1.807) is 4.90 Å². The van der Waals surface area contributed by atoms with E-state index >= 15 is 0 Å². The summed E-state index contributed by atoms with van der Waals surface area (Å²) in [7, 11) is 0. The van der Waals surface area contributed by atoms with E-state index in [9.17, 15) is 9.59 Å². The van der Waals surface area contributed by atoms with Crippen molar-refractivity contribution in [2.24, 2.45) is 5.92 Å². The van der Waals surface area contributed by atoms with Crippen molar-refractivity contribution in [3.63, 3.8) is 0 Å². The molecule has 2 aliphatic heterocycles. The monoisotopic (exact) mass is 432 g/mol. The normalized spacial score (nSPS) is 19.7. The molecule has 2 N–H and O–H groups in total. The zero-order valence-electron chi connectivity index (χ0n) is 19.4. The molecule has 2 saturated heterocycles. The highest BCUT2D eigenvalue weighted by Crippen LogP contribution is 2.21. The molecule has 172 valence electrons. The Morgan fingerprint density at radius 2 is 1.77 bits per heavy atom. The predicted molar refractivity (Wildman–Crippen MR) is 119 cm³/mol. The van der Waals surface area contributed by atoms with Gasteiger partial charge in [-0.3, -0.25) is 4.79 Å². The van der Waals surface area contributed by atoms with Gasteiger partial charge >= 0.3 is 6.09 Å². The van der Waals surface area contributed by atoms with Crippen LogP contribution in [0, 0.1) is 12.8 Å². The summed E-state index contributed by atoms with van der Waals surface area (Å²) in [6.45, 7) is 13.1. The third-order valence-corrected chi connectivity index (χ3v) is 6.01. The molecule has 2 amide bonds. The van der Waals surface area contributed by atoms with E-state index in [0.717, 1.165) is 38.4 Å². The largest absolute Gasteiger partial charge is 0.444 e. The molecule has 0 radical (unpaired) electrons. The summed E-state index contributed by atoms with van der Waals surface area (Å²) in [5.41, 5.74) is 1.85. The third kappa shape index (κ3) is 7.21. The van der Waals surface area contributed by atoms with Crippen molar-refractivity contribution >= 4 is 12.0 Å². The Kier molecular flexibility index (Phi) is 7.94.